The van der Waals surface area contributed by atoms with Gasteiger partial charge in [0.15, 0.2) is 0 Å². The molecule has 2 aromatic carbocycles. The SMILES string of the molecule is CNS(=O)(=O)c1ccc(Nc2ccccc2C#N)c(N)c1. The van der Waals surface area contributed by atoms with Crippen LogP contribution in [0.4, 0.5) is 17.1 Å². The summed E-state index contributed by atoms with van der Waals surface area (Å²) in [7, 11) is -2.20. The number of nitriles is 1. The molecule has 0 saturated carbocycles. The lowest BCUT2D eigenvalue weighted by Gasteiger charge is -2.12. The van der Waals surface area contributed by atoms with E-state index in [9.17, 15) is 8.42 Å². The summed E-state index contributed by atoms with van der Waals surface area (Å²) in [5.74, 6) is 0. The summed E-state index contributed by atoms with van der Waals surface area (Å²) in [5, 5.41) is 12.1. The number of nitrogens with two attached hydrogens (primary N) is 1. The van der Waals surface area contributed by atoms with Crippen LogP contribution in [0.2, 0.25) is 0 Å². The van der Waals surface area contributed by atoms with Crippen molar-refractivity contribution >= 4 is 27.1 Å². The number of anilines is 3. The van der Waals surface area contributed by atoms with Gasteiger partial charge in [0, 0.05) is 0 Å². The fourth-order valence-electron chi connectivity index (χ4n) is 1.77. The highest BCUT2D eigenvalue weighted by atomic mass is 32.2. The molecule has 6 nitrogen and oxygen atoms in total. The molecule has 0 radical (unpaired) electrons. The number of benzene rings is 2. The quantitative estimate of drug-likeness (QED) is 0.746. The largest absolute Gasteiger partial charge is 0.397 e. The molecule has 0 atom stereocenters. The van der Waals surface area contributed by atoms with E-state index in [0.29, 0.717) is 16.9 Å². The smallest absolute Gasteiger partial charge is 0.240 e. The number of sulfonamides is 1. The van der Waals surface area contributed by atoms with Crippen LogP contribution in [-0.2, 0) is 10.0 Å². The number of nitrogens with zero attached hydrogens (tertiary/aromatic N) is 1. The minimum absolute atomic E-state index is 0.0848. The fourth-order valence-corrected chi connectivity index (χ4v) is 2.54. The molecule has 0 aliphatic carbocycles. The summed E-state index contributed by atoms with van der Waals surface area (Å²) in [6.07, 6.45) is 0. The van der Waals surface area contributed by atoms with Gasteiger partial charge in [-0.1, -0.05) is 12.1 Å². The summed E-state index contributed by atoms with van der Waals surface area (Å²) in [4.78, 5) is 0.0848. The van der Waals surface area contributed by atoms with Crippen LogP contribution in [0.3, 0.4) is 0 Å². The molecule has 0 bridgehead atoms. The van der Waals surface area contributed by atoms with Crippen LogP contribution in [0.15, 0.2) is 47.4 Å². The maximum absolute atomic E-state index is 11.7. The second-order valence-electron chi connectivity index (χ2n) is 4.24. The Balaban J connectivity index is 2.37. The molecule has 7 heteroatoms. The van der Waals surface area contributed by atoms with E-state index in [4.69, 9.17) is 11.0 Å². The molecule has 2 rings (SSSR count). The van der Waals surface area contributed by atoms with E-state index in [1.165, 1.54) is 19.2 Å². The predicted octanol–water partition coefficient (Wildman–Crippen LogP) is 1.79. The Hall–Kier alpha value is -2.56. The van der Waals surface area contributed by atoms with Gasteiger partial charge in [0.1, 0.15) is 6.07 Å². The Labute approximate surface area is 123 Å². The Kier molecular flexibility index (Phi) is 4.12. The van der Waals surface area contributed by atoms with Crippen molar-refractivity contribution in [2.24, 2.45) is 0 Å². The maximum atomic E-state index is 11.7. The lowest BCUT2D eigenvalue weighted by molar-refractivity contribution is 0.588. The maximum Gasteiger partial charge on any atom is 0.240 e. The number of rotatable bonds is 4. The van der Waals surface area contributed by atoms with Crippen molar-refractivity contribution in [2.75, 3.05) is 18.1 Å². The molecule has 108 valence electrons. The number of hydrogen-bond donors (Lipinski definition) is 3. The highest BCUT2D eigenvalue weighted by molar-refractivity contribution is 7.89. The fraction of sp³-hybridized carbons (Fsp3) is 0.0714. The average molecular weight is 302 g/mol. The van der Waals surface area contributed by atoms with Crippen molar-refractivity contribution < 1.29 is 8.42 Å². The zero-order valence-corrected chi connectivity index (χ0v) is 12.1. The second kappa shape index (κ2) is 5.83. The molecule has 0 saturated heterocycles. The molecular formula is C14H14N4O2S. The number of nitrogens with one attached hydrogen (secondary N) is 2. The summed E-state index contributed by atoms with van der Waals surface area (Å²) in [6, 6.07) is 13.4. The first-order valence-electron chi connectivity index (χ1n) is 6.07. The van der Waals surface area contributed by atoms with Crippen molar-refractivity contribution in [3.05, 3.63) is 48.0 Å². The first kappa shape index (κ1) is 14.8. The van der Waals surface area contributed by atoms with Crippen LogP contribution in [0.5, 0.6) is 0 Å². The van der Waals surface area contributed by atoms with E-state index < -0.39 is 10.0 Å². The highest BCUT2D eigenvalue weighted by Gasteiger charge is 2.13. The molecule has 0 aromatic heterocycles. The summed E-state index contributed by atoms with van der Waals surface area (Å²) >= 11 is 0. The van der Waals surface area contributed by atoms with Crippen molar-refractivity contribution in [3.8, 4) is 6.07 Å². The minimum atomic E-state index is -3.53. The van der Waals surface area contributed by atoms with Gasteiger partial charge in [0.2, 0.25) is 10.0 Å². The van der Waals surface area contributed by atoms with E-state index in [1.54, 1.807) is 30.3 Å². The Bertz CT molecular complexity index is 810. The molecule has 0 aliphatic rings. The minimum Gasteiger partial charge on any atom is -0.397 e. The van der Waals surface area contributed by atoms with Gasteiger partial charge < -0.3 is 11.1 Å². The van der Waals surface area contributed by atoms with Gasteiger partial charge in [-0.25, -0.2) is 13.1 Å². The topological polar surface area (TPSA) is 108 Å². The molecule has 0 aliphatic heterocycles. The lowest BCUT2D eigenvalue weighted by atomic mass is 10.2. The molecule has 0 unspecified atom stereocenters. The van der Waals surface area contributed by atoms with Crippen LogP contribution >= 0.6 is 0 Å². The lowest BCUT2D eigenvalue weighted by Crippen LogP contribution is -2.18. The molecule has 0 heterocycles. The summed E-state index contributed by atoms with van der Waals surface area (Å²) in [5.41, 5.74) is 7.77. The Morgan fingerprint density at radius 2 is 1.86 bits per heavy atom. The van der Waals surface area contributed by atoms with Crippen LogP contribution in [0.25, 0.3) is 0 Å². The summed E-state index contributed by atoms with van der Waals surface area (Å²) in [6.45, 7) is 0. The van der Waals surface area contributed by atoms with Crippen LogP contribution in [0.1, 0.15) is 5.56 Å². The van der Waals surface area contributed by atoms with Crippen molar-refractivity contribution in [2.45, 2.75) is 4.90 Å². The first-order valence-corrected chi connectivity index (χ1v) is 7.55. The van der Waals surface area contributed by atoms with Gasteiger partial charge in [-0.05, 0) is 37.4 Å². The van der Waals surface area contributed by atoms with Gasteiger partial charge in [0.05, 0.1) is 27.5 Å². The van der Waals surface area contributed by atoms with Crippen LogP contribution in [-0.4, -0.2) is 15.5 Å². The third kappa shape index (κ3) is 3.13. The van der Waals surface area contributed by atoms with E-state index in [0.717, 1.165) is 0 Å². The molecule has 4 N–H and O–H groups in total. The van der Waals surface area contributed by atoms with Gasteiger partial charge >= 0.3 is 0 Å². The van der Waals surface area contributed by atoms with Gasteiger partial charge in [-0.2, -0.15) is 5.26 Å². The number of hydrogen-bond acceptors (Lipinski definition) is 5. The molecule has 0 spiro atoms. The third-order valence-corrected chi connectivity index (χ3v) is 4.33. The predicted molar refractivity (Wildman–Crippen MR) is 81.5 cm³/mol. The highest BCUT2D eigenvalue weighted by Crippen LogP contribution is 2.27. The van der Waals surface area contributed by atoms with E-state index in [-0.39, 0.29) is 10.6 Å². The first-order chi connectivity index (χ1) is 9.97. The summed E-state index contributed by atoms with van der Waals surface area (Å²) < 4.78 is 25.6. The second-order valence-corrected chi connectivity index (χ2v) is 6.13. The number of nitrogen functional groups attached to an aromatic ring is 1. The third-order valence-electron chi connectivity index (χ3n) is 2.92. The molecular weight excluding hydrogens is 288 g/mol. The van der Waals surface area contributed by atoms with Crippen molar-refractivity contribution in [1.82, 2.24) is 4.72 Å². The molecule has 0 amide bonds. The standard InChI is InChI=1S/C14H14N4O2S/c1-17-21(19,20)11-6-7-14(12(16)8-11)18-13-5-3-2-4-10(13)9-15/h2-8,17-18H,16H2,1H3. The van der Waals surface area contributed by atoms with Gasteiger partial charge in [-0.3, -0.25) is 0 Å². The van der Waals surface area contributed by atoms with E-state index in [2.05, 4.69) is 16.1 Å². The zero-order valence-electron chi connectivity index (χ0n) is 11.3. The normalized spacial score (nSPS) is 10.9. The van der Waals surface area contributed by atoms with Gasteiger partial charge in [-0.15, -0.1) is 0 Å². The van der Waals surface area contributed by atoms with Crippen molar-refractivity contribution in [1.29, 1.82) is 5.26 Å². The van der Waals surface area contributed by atoms with Crippen LogP contribution < -0.4 is 15.8 Å². The van der Waals surface area contributed by atoms with Crippen LogP contribution in [0, 0.1) is 11.3 Å². The molecule has 2 aromatic rings. The monoisotopic (exact) mass is 302 g/mol. The molecule has 0 fully saturated rings. The average Bonchev–Trinajstić information content (AvgIpc) is 2.49. The Morgan fingerprint density at radius 3 is 2.48 bits per heavy atom. The van der Waals surface area contributed by atoms with E-state index >= 15 is 0 Å². The van der Waals surface area contributed by atoms with Gasteiger partial charge in [0.25, 0.3) is 0 Å². The Morgan fingerprint density at radius 1 is 1.14 bits per heavy atom. The van der Waals surface area contributed by atoms with E-state index in [1.807, 2.05) is 0 Å². The van der Waals surface area contributed by atoms with Crippen molar-refractivity contribution in [3.63, 3.8) is 0 Å². The molecule has 21 heavy (non-hydrogen) atoms. The number of para-hydroxylation sites is 1. The zero-order chi connectivity index (χ0) is 15.5.